The van der Waals surface area contributed by atoms with E-state index in [1.165, 1.54) is 5.56 Å². The van der Waals surface area contributed by atoms with Crippen LogP contribution in [-0.4, -0.2) is 22.8 Å². The largest absolute Gasteiger partial charge is 0.396 e. The number of hydrogen-bond donors (Lipinski definition) is 1. The van der Waals surface area contributed by atoms with Crippen molar-refractivity contribution in [1.82, 2.24) is 4.98 Å². The van der Waals surface area contributed by atoms with Gasteiger partial charge in [0.2, 0.25) is 5.69 Å². The van der Waals surface area contributed by atoms with Crippen LogP contribution in [0.4, 0.5) is 87.8 Å². The summed E-state index contributed by atoms with van der Waals surface area (Å²) in [6.45, 7) is 0.998. The summed E-state index contributed by atoms with van der Waals surface area (Å²) < 4.78 is 296. The van der Waals surface area contributed by atoms with E-state index in [9.17, 15) is 52.7 Å². The first kappa shape index (κ1) is 47.6. The molecule has 0 unspecified atom stereocenters. The zero-order chi connectivity index (χ0) is 47.0. The number of halogens is 20. The lowest BCUT2D eigenvalue weighted by Gasteiger charge is -2.44. The quantitative estimate of drug-likeness (QED) is 0.0533. The number of rotatable bonds is 9. The first-order valence-electron chi connectivity index (χ1n) is 17.0. The van der Waals surface area contributed by atoms with Crippen LogP contribution in [0.3, 0.4) is 0 Å². The van der Waals surface area contributed by atoms with Crippen molar-refractivity contribution in [3.05, 3.63) is 183 Å². The molecule has 24 heteroatoms. The second kappa shape index (κ2) is 18.5. The smallest absolute Gasteiger partial charge is 0.223 e. The van der Waals surface area contributed by atoms with E-state index < -0.39 is 144 Å². The molecule has 0 saturated heterocycles. The zero-order valence-corrected chi connectivity index (χ0v) is 30.4. The lowest BCUT2D eigenvalue weighted by molar-refractivity contribution is -0.690. The second-order valence-electron chi connectivity index (χ2n) is 12.8. The fraction of sp³-hybridized carbons (Fsp3) is 0.0769. The van der Waals surface area contributed by atoms with E-state index in [4.69, 9.17) is 5.11 Å². The molecule has 1 N–H and O–H groups in total. The molecule has 0 saturated carbocycles. The molecule has 6 aromatic rings. The van der Waals surface area contributed by atoms with E-state index in [2.05, 4.69) is 21.7 Å². The summed E-state index contributed by atoms with van der Waals surface area (Å²) in [5.74, 6) is -71.4. The summed E-state index contributed by atoms with van der Waals surface area (Å²) in [6, 6.07) is 10.3. The molecule has 0 spiro atoms. The molecule has 63 heavy (non-hydrogen) atoms. The Morgan fingerprint density at radius 3 is 1.05 bits per heavy atom. The molecule has 6 rings (SSSR count). The third kappa shape index (κ3) is 7.95. The molecular weight excluding hydrogens is 903 g/mol. The van der Waals surface area contributed by atoms with Gasteiger partial charge >= 0.3 is 0 Å². The molecule has 332 valence electrons. The molecule has 0 atom stereocenters. The number of aliphatic hydroxyl groups is 1. The van der Waals surface area contributed by atoms with Crippen molar-refractivity contribution in [2.24, 2.45) is 0 Å². The fourth-order valence-electron chi connectivity index (χ4n) is 6.61. The predicted molar refractivity (Wildman–Crippen MR) is 180 cm³/mol. The highest BCUT2D eigenvalue weighted by molar-refractivity contribution is 7.20. The Balaban J connectivity index is 0.000000345. The zero-order valence-electron chi connectivity index (χ0n) is 30.4. The van der Waals surface area contributed by atoms with E-state index in [1.807, 2.05) is 42.7 Å². The Morgan fingerprint density at radius 2 is 0.746 bits per heavy atom. The number of nitrogens with zero attached hydrogens (tertiary/aromatic N) is 2. The van der Waals surface area contributed by atoms with Crippen LogP contribution in [-0.2, 0) is 6.54 Å². The molecule has 1 aromatic heterocycles. The van der Waals surface area contributed by atoms with Gasteiger partial charge in [-0.3, -0.25) is 4.98 Å². The summed E-state index contributed by atoms with van der Waals surface area (Å²) in [6.07, 6.45) is 2.98. The van der Waals surface area contributed by atoms with Crippen LogP contribution in [0.25, 0.3) is 6.08 Å². The van der Waals surface area contributed by atoms with E-state index in [-0.39, 0.29) is 6.61 Å². The van der Waals surface area contributed by atoms with Gasteiger partial charge in [0.15, 0.2) is 82.5 Å². The first-order valence-corrected chi connectivity index (χ1v) is 17.0. The molecule has 1 heterocycles. The molecule has 0 aliphatic carbocycles. The van der Waals surface area contributed by atoms with Crippen LogP contribution in [0.15, 0.2) is 55.0 Å². The normalized spacial score (nSPS) is 11.7. The maximum atomic E-state index is 15.4. The third-order valence-corrected chi connectivity index (χ3v) is 9.36. The van der Waals surface area contributed by atoms with Gasteiger partial charge in [-0.15, -0.1) is 21.9 Å². The van der Waals surface area contributed by atoms with Crippen molar-refractivity contribution < 1.29 is 97.5 Å². The van der Waals surface area contributed by atoms with Crippen LogP contribution in [0.2, 0.25) is 0 Å². The maximum Gasteiger partial charge on any atom is 0.223 e. The number of hydrogen-bond acceptors (Lipinski definition) is 2. The van der Waals surface area contributed by atoms with E-state index in [0.717, 1.165) is 12.2 Å². The summed E-state index contributed by atoms with van der Waals surface area (Å²) in [4.78, 5) is 4.13. The van der Waals surface area contributed by atoms with Crippen LogP contribution in [0.1, 0.15) is 17.7 Å². The Bertz CT molecular complexity index is 2410. The van der Waals surface area contributed by atoms with Gasteiger partial charge in [-0.25, -0.2) is 87.8 Å². The minimum Gasteiger partial charge on any atom is -0.396 e. The highest BCUT2D eigenvalue weighted by Crippen LogP contribution is 2.30. The lowest BCUT2D eigenvalue weighted by atomic mass is 9.12. The van der Waals surface area contributed by atoms with Crippen molar-refractivity contribution in [2.45, 2.75) is 13.0 Å². The molecule has 0 bridgehead atoms. The molecule has 0 aliphatic heterocycles. The average Bonchev–Trinajstić information content (AvgIpc) is 3.27. The SMILES string of the molecule is Fc1c(F)c(F)c([B-](c2c(F)c(F)c(F)c(F)c2F)(c2c(F)c(F)c(F)c(F)c2F)c2c(F)c(F)c(F)c(F)c2F)c(F)c1F.OCCC=Cc1cncc[n+]1Cc1ccccc1. The van der Waals surface area contributed by atoms with E-state index >= 15 is 35.1 Å². The lowest BCUT2D eigenvalue weighted by Crippen LogP contribution is -2.81. The van der Waals surface area contributed by atoms with Crippen molar-refractivity contribution in [3.63, 3.8) is 0 Å². The van der Waals surface area contributed by atoms with Crippen molar-refractivity contribution >= 4 is 34.1 Å². The van der Waals surface area contributed by atoms with Gasteiger partial charge in [-0.2, -0.15) is 4.57 Å². The Kier molecular flexibility index (Phi) is 14.0. The van der Waals surface area contributed by atoms with Crippen molar-refractivity contribution in [1.29, 1.82) is 0 Å². The topological polar surface area (TPSA) is 37.0 Å². The number of aliphatic hydroxyl groups excluding tert-OH is 1. The summed E-state index contributed by atoms with van der Waals surface area (Å²) in [5, 5.41) is 8.78. The van der Waals surface area contributed by atoms with Crippen LogP contribution in [0, 0.1) is 116 Å². The Morgan fingerprint density at radius 1 is 0.444 bits per heavy atom. The molecule has 5 aromatic carbocycles. The highest BCUT2D eigenvalue weighted by Gasteiger charge is 2.52. The first-order chi connectivity index (χ1) is 29.6. The molecule has 0 radical (unpaired) electrons. The molecule has 0 aliphatic rings. The number of aromatic nitrogens is 2. The predicted octanol–water partition coefficient (Wildman–Crippen LogP) is 7.66. The molecule has 0 fully saturated rings. The van der Waals surface area contributed by atoms with Gasteiger partial charge in [0.05, 0.1) is 12.4 Å². The summed E-state index contributed by atoms with van der Waals surface area (Å²) >= 11 is 0. The number of benzene rings is 5. The Labute approximate surface area is 338 Å². The molecule has 3 nitrogen and oxygen atoms in total. The summed E-state index contributed by atoms with van der Waals surface area (Å²) in [5.41, 5.74) is -12.0. The molecular formula is C39H17BF20N2O. The maximum absolute atomic E-state index is 15.4. The average molecular weight is 920 g/mol. The molecule has 0 amide bonds. The fourth-order valence-corrected chi connectivity index (χ4v) is 6.61. The van der Waals surface area contributed by atoms with E-state index in [1.54, 1.807) is 6.20 Å². The van der Waals surface area contributed by atoms with Gasteiger partial charge in [-0.1, -0.05) is 36.4 Å². The highest BCUT2D eigenvalue weighted by atomic mass is 19.2. The van der Waals surface area contributed by atoms with Crippen molar-refractivity contribution in [2.75, 3.05) is 6.61 Å². The second-order valence-corrected chi connectivity index (χ2v) is 12.8. The standard InChI is InChI=1S/C24BF20.C15H17N2O/c26-5-1(6(27)14(35)21(42)13(5)34)25(2-7(28)15(36)22(43)16(37)8(2)29,3-9(30)17(38)23(44)18(39)10(3)31)4-11(32)19(40)24(45)20(41)12(4)33;18-11-5-4-8-15-12-16-9-10-17(15)13-14-6-2-1-3-7-14/h;1-4,6-10,12,18H,5,11,13H2/q-1;+1. The van der Waals surface area contributed by atoms with Crippen molar-refractivity contribution in [3.8, 4) is 0 Å². The van der Waals surface area contributed by atoms with Crippen LogP contribution >= 0.6 is 0 Å². The van der Waals surface area contributed by atoms with Crippen LogP contribution < -0.4 is 26.4 Å². The van der Waals surface area contributed by atoms with Gasteiger partial charge in [0.1, 0.15) is 52.7 Å². The van der Waals surface area contributed by atoms with Crippen LogP contribution in [0.5, 0.6) is 0 Å². The van der Waals surface area contributed by atoms with E-state index in [0.29, 0.717) is 6.42 Å². The minimum absolute atomic E-state index is 0.176. The minimum atomic E-state index is -7.22. The van der Waals surface area contributed by atoms with Gasteiger partial charge in [-0.05, 0) is 6.42 Å². The monoisotopic (exact) mass is 920 g/mol. The Hall–Kier alpha value is -6.46. The third-order valence-electron chi connectivity index (χ3n) is 9.36. The summed E-state index contributed by atoms with van der Waals surface area (Å²) in [7, 11) is 0. The van der Waals surface area contributed by atoms with Gasteiger partial charge in [0.25, 0.3) is 0 Å². The van der Waals surface area contributed by atoms with Gasteiger partial charge in [0, 0.05) is 18.2 Å². The van der Waals surface area contributed by atoms with Gasteiger partial charge < -0.3 is 5.11 Å².